The first-order valence-electron chi connectivity index (χ1n) is 10.1. The summed E-state index contributed by atoms with van der Waals surface area (Å²) in [4.78, 5) is 38.2. The maximum atomic E-state index is 13.0. The highest BCUT2D eigenvalue weighted by atomic mass is 32.2. The third kappa shape index (κ3) is 4.94. The van der Waals surface area contributed by atoms with E-state index in [9.17, 15) is 14.4 Å². The molecule has 8 nitrogen and oxygen atoms in total. The lowest BCUT2D eigenvalue weighted by molar-refractivity contribution is -0.154. The van der Waals surface area contributed by atoms with Crippen molar-refractivity contribution in [3.05, 3.63) is 65.7 Å². The van der Waals surface area contributed by atoms with Gasteiger partial charge in [0, 0.05) is 6.42 Å². The molecule has 0 aromatic heterocycles. The Balaban J connectivity index is 1.47. The normalized spacial score (nSPS) is 18.0. The summed E-state index contributed by atoms with van der Waals surface area (Å²) in [6, 6.07) is 16.8. The molecule has 2 aliphatic rings. The molecule has 2 aromatic rings. The van der Waals surface area contributed by atoms with Crippen LogP contribution < -0.4 is 4.74 Å². The van der Waals surface area contributed by atoms with Crippen LogP contribution in [0, 0.1) is 0 Å². The highest BCUT2D eigenvalue weighted by Gasteiger charge is 2.34. The Kier molecular flexibility index (Phi) is 6.75. The fourth-order valence-electron chi connectivity index (χ4n) is 3.58. The van der Waals surface area contributed by atoms with Crippen molar-refractivity contribution < 1.29 is 23.9 Å². The summed E-state index contributed by atoms with van der Waals surface area (Å²) in [5.74, 6) is 0.402. The van der Waals surface area contributed by atoms with Gasteiger partial charge in [-0.3, -0.25) is 14.4 Å². The van der Waals surface area contributed by atoms with E-state index in [1.54, 1.807) is 7.11 Å². The molecule has 2 heterocycles. The summed E-state index contributed by atoms with van der Waals surface area (Å²) in [5, 5.41) is 5.95. The molecule has 32 heavy (non-hydrogen) atoms. The Morgan fingerprint density at radius 3 is 2.53 bits per heavy atom. The van der Waals surface area contributed by atoms with Crippen LogP contribution in [0.5, 0.6) is 5.75 Å². The lowest BCUT2D eigenvalue weighted by atomic mass is 9.98. The van der Waals surface area contributed by atoms with E-state index in [4.69, 9.17) is 9.47 Å². The number of hydrogen-bond donors (Lipinski definition) is 0. The standard InChI is InChI=1S/C23H23N3O5S/c1-30-18-9-7-17(8-10-18)20-11-19(16-5-3-2-4-6-16)24-26(20)21(27)13-31-23(29)12-25-15-32-14-22(25)28/h2-10,20H,11-15H2,1H3. The number of thioether (sulfide) groups is 1. The number of nitrogens with zero attached hydrogens (tertiary/aromatic N) is 3. The lowest BCUT2D eigenvalue weighted by Crippen LogP contribution is -2.35. The summed E-state index contributed by atoms with van der Waals surface area (Å²) in [6.45, 7) is -0.591. The third-order valence-corrected chi connectivity index (χ3v) is 6.22. The minimum atomic E-state index is -0.610. The minimum Gasteiger partial charge on any atom is -0.497 e. The number of amides is 2. The maximum Gasteiger partial charge on any atom is 0.326 e. The van der Waals surface area contributed by atoms with Gasteiger partial charge in [0.25, 0.3) is 5.91 Å². The number of hydrazone groups is 1. The predicted molar refractivity (Wildman–Crippen MR) is 120 cm³/mol. The van der Waals surface area contributed by atoms with Crippen LogP contribution in [0.1, 0.15) is 23.6 Å². The molecule has 0 aliphatic carbocycles. The van der Waals surface area contributed by atoms with E-state index in [0.29, 0.717) is 18.1 Å². The van der Waals surface area contributed by atoms with Gasteiger partial charge in [-0.2, -0.15) is 5.10 Å². The zero-order valence-corrected chi connectivity index (χ0v) is 18.4. The molecule has 1 unspecified atom stereocenters. The van der Waals surface area contributed by atoms with Crippen molar-refractivity contribution in [3.63, 3.8) is 0 Å². The Hall–Kier alpha value is -3.33. The molecule has 9 heteroatoms. The number of esters is 1. The summed E-state index contributed by atoms with van der Waals surface area (Å²) < 4.78 is 10.4. The molecule has 1 fully saturated rings. The summed E-state index contributed by atoms with van der Waals surface area (Å²) in [6.07, 6.45) is 0.537. The second-order valence-electron chi connectivity index (χ2n) is 7.37. The first kappa shape index (κ1) is 21.9. The van der Waals surface area contributed by atoms with Gasteiger partial charge in [-0.25, -0.2) is 5.01 Å². The molecule has 1 atom stereocenters. The number of carbonyl (C=O) groups is 3. The largest absolute Gasteiger partial charge is 0.497 e. The van der Waals surface area contributed by atoms with Gasteiger partial charge in [0.15, 0.2) is 6.61 Å². The molecular weight excluding hydrogens is 430 g/mol. The zero-order valence-electron chi connectivity index (χ0n) is 17.6. The van der Waals surface area contributed by atoms with Crippen molar-refractivity contribution in [3.8, 4) is 5.75 Å². The minimum absolute atomic E-state index is 0.102. The molecule has 0 N–H and O–H groups in total. The summed E-state index contributed by atoms with van der Waals surface area (Å²) in [7, 11) is 1.60. The molecule has 0 bridgehead atoms. The molecule has 0 radical (unpaired) electrons. The van der Waals surface area contributed by atoms with E-state index >= 15 is 0 Å². The van der Waals surface area contributed by atoms with Crippen molar-refractivity contribution >= 4 is 35.3 Å². The van der Waals surface area contributed by atoms with Crippen LogP contribution in [-0.2, 0) is 19.1 Å². The van der Waals surface area contributed by atoms with Gasteiger partial charge in [0.2, 0.25) is 5.91 Å². The number of benzene rings is 2. The molecule has 2 amide bonds. The van der Waals surface area contributed by atoms with E-state index in [1.807, 2.05) is 54.6 Å². The fraction of sp³-hybridized carbons (Fsp3) is 0.304. The van der Waals surface area contributed by atoms with E-state index in [-0.39, 0.29) is 18.5 Å². The van der Waals surface area contributed by atoms with Crippen molar-refractivity contribution in [2.75, 3.05) is 31.9 Å². The second kappa shape index (κ2) is 9.86. The molecule has 2 aliphatic heterocycles. The van der Waals surface area contributed by atoms with Crippen molar-refractivity contribution in [1.29, 1.82) is 0 Å². The van der Waals surface area contributed by atoms with Gasteiger partial charge in [-0.1, -0.05) is 42.5 Å². The van der Waals surface area contributed by atoms with E-state index < -0.39 is 18.5 Å². The predicted octanol–water partition coefficient (Wildman–Crippen LogP) is 2.45. The van der Waals surface area contributed by atoms with Gasteiger partial charge in [-0.15, -0.1) is 11.8 Å². The zero-order chi connectivity index (χ0) is 22.5. The highest BCUT2D eigenvalue weighted by molar-refractivity contribution is 8.00. The van der Waals surface area contributed by atoms with Crippen LogP contribution in [0.2, 0.25) is 0 Å². The van der Waals surface area contributed by atoms with Gasteiger partial charge in [-0.05, 0) is 23.3 Å². The number of hydrogen-bond acceptors (Lipinski definition) is 7. The third-order valence-electron chi connectivity index (χ3n) is 5.28. The monoisotopic (exact) mass is 453 g/mol. The smallest absolute Gasteiger partial charge is 0.326 e. The number of carbonyl (C=O) groups excluding carboxylic acids is 3. The molecule has 0 spiro atoms. The van der Waals surface area contributed by atoms with Crippen LogP contribution in [0.15, 0.2) is 59.7 Å². The Labute approximate surface area is 190 Å². The Bertz CT molecular complexity index is 1030. The SMILES string of the molecule is COc1ccc(C2CC(c3ccccc3)=NN2C(=O)COC(=O)CN2CSCC2=O)cc1. The van der Waals surface area contributed by atoms with Crippen molar-refractivity contribution in [2.24, 2.45) is 5.10 Å². The number of methoxy groups -OCH3 is 1. The Morgan fingerprint density at radius 2 is 1.88 bits per heavy atom. The summed E-state index contributed by atoms with van der Waals surface area (Å²) >= 11 is 1.44. The van der Waals surface area contributed by atoms with Gasteiger partial charge < -0.3 is 14.4 Å². The number of rotatable bonds is 7. The first-order chi connectivity index (χ1) is 15.5. The molecule has 4 rings (SSSR count). The average Bonchev–Trinajstić information content (AvgIpc) is 3.45. The van der Waals surface area contributed by atoms with Gasteiger partial charge >= 0.3 is 5.97 Å². The van der Waals surface area contributed by atoms with Crippen LogP contribution >= 0.6 is 11.8 Å². The Morgan fingerprint density at radius 1 is 1.12 bits per heavy atom. The molecule has 1 saturated heterocycles. The molecular formula is C23H23N3O5S. The average molecular weight is 454 g/mol. The molecule has 0 saturated carbocycles. The second-order valence-corrected chi connectivity index (χ2v) is 8.33. The maximum absolute atomic E-state index is 13.0. The van der Waals surface area contributed by atoms with Gasteiger partial charge in [0.1, 0.15) is 12.3 Å². The van der Waals surface area contributed by atoms with Crippen molar-refractivity contribution in [1.82, 2.24) is 9.91 Å². The number of ether oxygens (including phenoxy) is 2. The quantitative estimate of drug-likeness (QED) is 0.599. The van der Waals surface area contributed by atoms with Crippen LogP contribution in [-0.4, -0.2) is 65.3 Å². The van der Waals surface area contributed by atoms with E-state index in [0.717, 1.165) is 22.6 Å². The van der Waals surface area contributed by atoms with E-state index in [2.05, 4.69) is 5.10 Å². The first-order valence-corrected chi connectivity index (χ1v) is 11.3. The van der Waals surface area contributed by atoms with Crippen LogP contribution in [0.25, 0.3) is 0 Å². The molecule has 166 valence electrons. The van der Waals surface area contributed by atoms with Crippen LogP contribution in [0.4, 0.5) is 0 Å². The van der Waals surface area contributed by atoms with E-state index in [1.165, 1.54) is 21.7 Å². The summed E-state index contributed by atoms with van der Waals surface area (Å²) in [5.41, 5.74) is 2.62. The molecule has 2 aromatic carbocycles. The fourth-order valence-corrected chi connectivity index (χ4v) is 4.49. The van der Waals surface area contributed by atoms with Crippen molar-refractivity contribution in [2.45, 2.75) is 12.5 Å². The highest BCUT2D eigenvalue weighted by Crippen LogP contribution is 2.33. The van der Waals surface area contributed by atoms with Crippen LogP contribution in [0.3, 0.4) is 0 Å². The lowest BCUT2D eigenvalue weighted by Gasteiger charge is -2.22. The topological polar surface area (TPSA) is 88.5 Å². The van der Waals surface area contributed by atoms with Gasteiger partial charge in [0.05, 0.1) is 30.5 Å².